The number of thioether (sulfide) groups is 2. The van der Waals surface area contributed by atoms with E-state index in [0.717, 1.165) is 5.56 Å². The average Bonchev–Trinajstić information content (AvgIpc) is 1.92. The topological polar surface area (TPSA) is 455 Å². The lowest BCUT2D eigenvalue weighted by Crippen LogP contribution is -2.08. The van der Waals surface area contributed by atoms with Crippen LogP contribution in [0.1, 0.15) is 52.6 Å². The second-order valence-electron chi connectivity index (χ2n) is 17.9. The molecule has 0 fully saturated rings. The summed E-state index contributed by atoms with van der Waals surface area (Å²) in [5.74, 6) is -1.33. The lowest BCUT2D eigenvalue weighted by atomic mass is 10.1. The van der Waals surface area contributed by atoms with Crippen LogP contribution in [0.5, 0.6) is 11.6 Å². The number of aromatic hydroxyl groups is 1. The van der Waals surface area contributed by atoms with Crippen LogP contribution in [-0.4, -0.2) is 119 Å². The van der Waals surface area contributed by atoms with Crippen LogP contribution in [0.4, 0.5) is 45.5 Å². The van der Waals surface area contributed by atoms with Gasteiger partial charge in [-0.3, -0.25) is 18.1 Å². The van der Waals surface area contributed by atoms with E-state index < -0.39 is 74.7 Å². The minimum atomic E-state index is -4.33. The third kappa shape index (κ3) is 21.6. The van der Waals surface area contributed by atoms with Gasteiger partial charge in [-0.2, -0.15) is 51.0 Å². The lowest BCUT2D eigenvalue weighted by Gasteiger charge is -2.12. The van der Waals surface area contributed by atoms with Gasteiger partial charge in [0.1, 0.15) is 23.1 Å². The highest BCUT2D eigenvalue weighted by Gasteiger charge is 2.22. The maximum absolute atomic E-state index is 11.6. The minimum absolute atomic E-state index is 0.0540. The number of fused-ring (bicyclic) bond motifs is 3. The van der Waals surface area contributed by atoms with Gasteiger partial charge in [-0.25, -0.2) is 4.98 Å². The highest BCUT2D eigenvalue weighted by atomic mass is 32.2. The summed E-state index contributed by atoms with van der Waals surface area (Å²) in [6.07, 6.45) is 0.112. The van der Waals surface area contributed by atoms with Crippen molar-refractivity contribution < 1.29 is 79.1 Å². The van der Waals surface area contributed by atoms with Crippen molar-refractivity contribution in [2.75, 3.05) is 35.4 Å². The number of hydrogen-bond donors (Lipinski definition) is 5. The first kappa shape index (κ1) is 68.9. The van der Waals surface area contributed by atoms with Crippen LogP contribution in [-0.2, 0) is 58.2 Å². The Labute approximate surface area is 503 Å². The van der Waals surface area contributed by atoms with Crippen LogP contribution in [0.25, 0.3) is 16.7 Å². The van der Waals surface area contributed by atoms with Crippen molar-refractivity contribution in [3.05, 3.63) is 118 Å². The fourth-order valence-corrected chi connectivity index (χ4v) is 11.3. The van der Waals surface area contributed by atoms with Gasteiger partial charge in [0, 0.05) is 21.4 Å². The van der Waals surface area contributed by atoms with Crippen LogP contribution in [0.15, 0.2) is 136 Å². The highest BCUT2D eigenvalue weighted by molar-refractivity contribution is 7.99. The second kappa shape index (κ2) is 31.5. The predicted molar refractivity (Wildman–Crippen MR) is 316 cm³/mol. The predicted octanol–water partition coefficient (Wildman–Crippen LogP) is 10.8. The van der Waals surface area contributed by atoms with Gasteiger partial charge in [0.15, 0.2) is 11.3 Å². The molecule has 0 amide bonds. The molecule has 7 aromatic rings. The van der Waals surface area contributed by atoms with Crippen molar-refractivity contribution in [2.45, 2.75) is 63.4 Å². The molecule has 0 radical (unpaired) electrons. The van der Waals surface area contributed by atoms with Gasteiger partial charge < -0.3 is 14.9 Å². The summed E-state index contributed by atoms with van der Waals surface area (Å²) in [7, 11) is -19.0. The number of hydrogen-bond acceptors (Lipinski definition) is 27. The Morgan fingerprint density at radius 3 is 1.53 bits per heavy atom. The molecule has 86 heavy (non-hydrogen) atoms. The van der Waals surface area contributed by atoms with Crippen molar-refractivity contribution >= 4 is 137 Å². The Hall–Kier alpha value is -7.83. The molecule has 0 bridgehead atoms. The molecule has 0 atom stereocenters. The molecule has 0 saturated heterocycles. The number of azo groups is 4. The molecule has 0 aliphatic carbocycles. The molecular weight excluding hydrogens is 1270 g/mol. The van der Waals surface area contributed by atoms with Crippen molar-refractivity contribution in [1.82, 2.24) is 9.38 Å². The zero-order valence-electron chi connectivity index (χ0n) is 45.5. The highest BCUT2D eigenvalue weighted by Crippen LogP contribution is 2.44. The molecule has 36 heteroatoms. The molecule has 2 aromatic heterocycles. The number of rotatable bonds is 24. The molecule has 0 saturated carbocycles. The zero-order chi connectivity index (χ0) is 63.5. The smallest absolute Gasteiger partial charge is 0.425 e. The number of aromatic nitrogens is 2. The van der Waals surface area contributed by atoms with Crippen LogP contribution in [0.2, 0.25) is 0 Å². The van der Waals surface area contributed by atoms with Crippen LogP contribution in [0.3, 0.4) is 0 Å². The normalized spacial score (nSPS) is 12.0. The largest absolute Gasteiger partial charge is 0.493 e. The van der Waals surface area contributed by atoms with Crippen LogP contribution in [0, 0.1) is 39.0 Å². The molecule has 0 spiro atoms. The second-order valence-corrected chi connectivity index (χ2v) is 25.7. The number of aryl methyl sites for hydroxylation is 3. The molecule has 0 aliphatic heterocycles. The Morgan fingerprint density at radius 1 is 0.593 bits per heavy atom. The number of imidazole rings is 1. The molecular formula is C50H51N11O18S7. The van der Waals surface area contributed by atoms with Gasteiger partial charge in [0.2, 0.25) is 5.88 Å². The minimum Gasteiger partial charge on any atom is -0.493 e. The Bertz CT molecular complexity index is 4390. The number of aliphatic hydroxyl groups is 1. The summed E-state index contributed by atoms with van der Waals surface area (Å²) in [6, 6.07) is 26.2. The summed E-state index contributed by atoms with van der Waals surface area (Å²) in [5, 5.41) is 67.5. The SMILES string of the molecule is Cc1cc(N=Nc2cc(SCCCS(=O)(=O)O)c(N=Nc3cc(OCCCS(=O)(=O)O)c(N=Nc4c(C)c(C#N)c5nc6ccc(CO)cc6n5c4O)cc3C)cc2C)c(SCCCS(=O)(=O)O)cc1N=Nc1ccccc1.O=S(=O)=O.O=S(=O)=O. The van der Waals surface area contributed by atoms with Crippen molar-refractivity contribution in [3.8, 4) is 17.7 Å². The molecule has 7 rings (SSSR count). The number of nitriles is 1. The fourth-order valence-electron chi connectivity index (χ4n) is 7.50. The number of aliphatic hydroxyl groups excluding tert-OH is 1. The van der Waals surface area contributed by atoms with Crippen molar-refractivity contribution in [2.24, 2.45) is 40.9 Å². The van der Waals surface area contributed by atoms with E-state index in [1.807, 2.05) is 25.1 Å². The van der Waals surface area contributed by atoms with E-state index in [1.54, 1.807) is 81.4 Å². The molecule has 5 N–H and O–H groups in total. The van der Waals surface area contributed by atoms with E-state index in [-0.39, 0.29) is 77.8 Å². The monoisotopic (exact) mass is 1320 g/mol. The van der Waals surface area contributed by atoms with Gasteiger partial charge in [0.05, 0.1) is 75.6 Å². The first-order chi connectivity index (χ1) is 40.5. The van der Waals surface area contributed by atoms with E-state index in [9.17, 15) is 54.4 Å². The summed E-state index contributed by atoms with van der Waals surface area (Å²) in [5.41, 5.74) is 6.41. The summed E-state index contributed by atoms with van der Waals surface area (Å²) < 4.78 is 155. The summed E-state index contributed by atoms with van der Waals surface area (Å²) in [4.78, 5) is 5.65. The molecule has 0 aliphatic rings. The van der Waals surface area contributed by atoms with Gasteiger partial charge in [-0.15, -0.1) is 69.2 Å². The first-order valence-electron chi connectivity index (χ1n) is 24.6. The summed E-state index contributed by atoms with van der Waals surface area (Å²) >= 11 is 2.52. The third-order valence-electron chi connectivity index (χ3n) is 11.5. The Morgan fingerprint density at radius 2 is 1.05 bits per heavy atom. The average molecular weight is 1320 g/mol. The lowest BCUT2D eigenvalue weighted by molar-refractivity contribution is 0.282. The van der Waals surface area contributed by atoms with E-state index in [0.29, 0.717) is 71.7 Å². The molecule has 456 valence electrons. The Kier molecular flexibility index (Phi) is 25.3. The van der Waals surface area contributed by atoms with Gasteiger partial charge in [0.25, 0.3) is 30.4 Å². The number of benzene rings is 5. The first-order valence-corrected chi connectivity index (χ1v) is 33.4. The van der Waals surface area contributed by atoms with E-state index >= 15 is 0 Å². The van der Waals surface area contributed by atoms with Gasteiger partial charge in [-0.1, -0.05) is 24.3 Å². The van der Waals surface area contributed by atoms with Crippen LogP contribution < -0.4 is 4.74 Å². The van der Waals surface area contributed by atoms with Crippen molar-refractivity contribution in [1.29, 1.82) is 5.26 Å². The molecule has 29 nitrogen and oxygen atoms in total. The number of pyridine rings is 1. The third-order valence-corrected chi connectivity index (χ3v) is 16.1. The van der Waals surface area contributed by atoms with E-state index in [4.69, 9.17) is 30.0 Å². The van der Waals surface area contributed by atoms with E-state index in [2.05, 4.69) is 52.0 Å². The maximum atomic E-state index is 11.6. The summed E-state index contributed by atoms with van der Waals surface area (Å²) in [6.45, 7) is 6.38. The molecule has 0 unspecified atom stereocenters. The number of nitrogens with zero attached hydrogens (tertiary/aromatic N) is 11. The quantitative estimate of drug-likeness (QED) is 0.0162. The molecule has 2 heterocycles. The van der Waals surface area contributed by atoms with Gasteiger partial charge >= 0.3 is 21.2 Å². The molecule has 5 aromatic carbocycles. The number of ether oxygens (including phenoxy) is 1. The fraction of sp³-hybridized carbons (Fsp3) is 0.280. The standard InChI is InChI=1S/C50H51N11O12S5.2O3S/c1-30-21-41(57-60-48-33(4)36(28-51)49-52-37-14-13-34(29-62)24-44(37)61(49)50(48)63)45(73-15-8-18-76(64,65)66)25-38(30)55-58-42-23-32(3)40(27-47(42)75-17-10-20-78(70,71)72)56-59-43-22-31(2)39(54-53-35-11-6-5-7-12-35)26-46(43)74-16-9-19-77(67,68)69;2*1-4(2)3/h5-7,11-14,21-27,62-63H,8-10,15-20,29H2,1-4H3,(H,64,65,66)(H,67,68,69)(H,70,71,72);;. The van der Waals surface area contributed by atoms with Crippen molar-refractivity contribution in [3.63, 3.8) is 0 Å². The van der Waals surface area contributed by atoms with E-state index in [1.165, 1.54) is 34.0 Å². The van der Waals surface area contributed by atoms with Gasteiger partial charge in [-0.05, 0) is 135 Å². The van der Waals surface area contributed by atoms with Crippen LogP contribution >= 0.6 is 23.5 Å². The Balaban J connectivity index is 0.00000159. The zero-order valence-corrected chi connectivity index (χ0v) is 51.2. The maximum Gasteiger partial charge on any atom is 0.425 e.